The maximum atomic E-state index is 13.9. The number of hydrogen-bond donors (Lipinski definition) is 5. The van der Waals surface area contributed by atoms with Gasteiger partial charge in [0.25, 0.3) is 11.8 Å². The Morgan fingerprint density at radius 2 is 1.63 bits per heavy atom. The van der Waals surface area contributed by atoms with Gasteiger partial charge < -0.3 is 45.9 Å². The van der Waals surface area contributed by atoms with Crippen molar-refractivity contribution in [1.82, 2.24) is 9.80 Å². The number of aliphatic hydroxyl groups excluding tert-OH is 1. The van der Waals surface area contributed by atoms with Crippen LogP contribution in [0.2, 0.25) is 0 Å². The molecule has 51 heavy (non-hydrogen) atoms. The summed E-state index contributed by atoms with van der Waals surface area (Å²) in [5, 5.41) is 18.4. The van der Waals surface area contributed by atoms with Crippen LogP contribution in [0, 0.1) is 5.92 Å². The molecule has 266 valence electrons. The molecule has 0 spiro atoms. The highest BCUT2D eigenvalue weighted by molar-refractivity contribution is 6.06. The molecule has 4 amide bonds. The molecule has 6 N–H and O–H groups in total. The number of amides is 4. The second-order valence-corrected chi connectivity index (χ2v) is 12.9. The highest BCUT2D eigenvalue weighted by Gasteiger charge is 2.33. The topological polar surface area (TPSA) is 168 Å². The lowest BCUT2D eigenvalue weighted by Crippen LogP contribution is -2.49. The monoisotopic (exact) mass is 694 g/mol. The summed E-state index contributed by atoms with van der Waals surface area (Å²) in [7, 11) is 1.99. The van der Waals surface area contributed by atoms with E-state index in [4.69, 9.17) is 19.9 Å². The minimum absolute atomic E-state index is 0.0830. The molecular formula is C38H42N6O7. The zero-order chi connectivity index (χ0) is 36.1. The Kier molecular flexibility index (Phi) is 10.6. The van der Waals surface area contributed by atoms with Gasteiger partial charge in [0.05, 0.1) is 29.6 Å². The minimum Gasteiger partial charge on any atom is -0.488 e. The zero-order valence-corrected chi connectivity index (χ0v) is 28.7. The van der Waals surface area contributed by atoms with Gasteiger partial charge in [-0.25, -0.2) is 4.79 Å². The van der Waals surface area contributed by atoms with Crippen LogP contribution in [0.3, 0.4) is 0 Å². The van der Waals surface area contributed by atoms with Gasteiger partial charge in [0.15, 0.2) is 11.5 Å². The molecule has 0 aliphatic carbocycles. The Morgan fingerprint density at radius 3 is 2.35 bits per heavy atom. The SMILES string of the molecule is C[C@@H]1CN([C@@H](C)CO)C(=O)c2cc(NC(=O)Nc3ccc4c(c3)OCO4)ccc2O[C@@H]1CN(C)Cc1ccc(C(=O)Nc2ccccc2N)cc1. The lowest BCUT2D eigenvalue weighted by atomic mass is 9.99. The fourth-order valence-electron chi connectivity index (χ4n) is 6.04. The molecule has 0 saturated heterocycles. The van der Waals surface area contributed by atoms with Crippen molar-refractivity contribution in [2.45, 2.75) is 32.5 Å². The predicted octanol–water partition coefficient (Wildman–Crippen LogP) is 5.25. The first kappa shape index (κ1) is 35.1. The molecule has 4 aromatic carbocycles. The maximum absolute atomic E-state index is 13.9. The Morgan fingerprint density at radius 1 is 0.941 bits per heavy atom. The van der Waals surface area contributed by atoms with Crippen molar-refractivity contribution in [3.8, 4) is 17.2 Å². The third kappa shape index (κ3) is 8.34. The normalized spacial score (nSPS) is 17.1. The number of anilines is 4. The minimum atomic E-state index is -0.503. The first-order valence-electron chi connectivity index (χ1n) is 16.7. The number of nitrogens with zero attached hydrogens (tertiary/aromatic N) is 2. The molecule has 0 fully saturated rings. The molecule has 3 atom stereocenters. The highest BCUT2D eigenvalue weighted by Crippen LogP contribution is 2.35. The first-order valence-corrected chi connectivity index (χ1v) is 16.7. The summed E-state index contributed by atoms with van der Waals surface area (Å²) >= 11 is 0. The average Bonchev–Trinajstić information content (AvgIpc) is 3.59. The molecular weight excluding hydrogens is 652 g/mol. The van der Waals surface area contributed by atoms with E-state index in [9.17, 15) is 19.5 Å². The number of fused-ring (bicyclic) bond motifs is 2. The predicted molar refractivity (Wildman–Crippen MR) is 194 cm³/mol. The summed E-state index contributed by atoms with van der Waals surface area (Å²) in [4.78, 5) is 43.3. The molecule has 2 aliphatic rings. The van der Waals surface area contributed by atoms with Crippen molar-refractivity contribution < 1.29 is 33.7 Å². The second-order valence-electron chi connectivity index (χ2n) is 12.9. The number of rotatable bonds is 10. The molecule has 0 bridgehead atoms. The van der Waals surface area contributed by atoms with Gasteiger partial charge in [0.2, 0.25) is 6.79 Å². The number of benzene rings is 4. The molecule has 0 unspecified atom stereocenters. The van der Waals surface area contributed by atoms with E-state index in [1.54, 1.807) is 72.5 Å². The Labute approximate surface area is 296 Å². The molecule has 0 saturated carbocycles. The van der Waals surface area contributed by atoms with Crippen LogP contribution >= 0.6 is 0 Å². The number of nitrogens with one attached hydrogen (secondary N) is 3. The second kappa shape index (κ2) is 15.4. The molecule has 0 aromatic heterocycles. The van der Waals surface area contributed by atoms with Gasteiger partial charge in [-0.05, 0) is 74.1 Å². The quantitative estimate of drug-likeness (QED) is 0.139. The maximum Gasteiger partial charge on any atom is 0.323 e. The lowest BCUT2D eigenvalue weighted by Gasteiger charge is -2.38. The molecule has 13 nitrogen and oxygen atoms in total. The molecule has 2 heterocycles. The van der Waals surface area contributed by atoms with Crippen LogP contribution in [-0.2, 0) is 6.54 Å². The van der Waals surface area contributed by atoms with Gasteiger partial charge in [0.1, 0.15) is 11.9 Å². The van der Waals surface area contributed by atoms with Gasteiger partial charge in [0, 0.05) is 48.6 Å². The van der Waals surface area contributed by atoms with Gasteiger partial charge in [-0.1, -0.05) is 31.2 Å². The number of para-hydroxylation sites is 2. The van der Waals surface area contributed by atoms with Crippen molar-refractivity contribution in [2.75, 3.05) is 55.2 Å². The first-order chi connectivity index (χ1) is 24.6. The third-order valence-corrected chi connectivity index (χ3v) is 8.92. The standard InChI is InChI=1S/C38H42N6O7/c1-23-18-44(24(2)21-45)37(47)29-16-27(40-38(48)41-28-13-15-33-34(17-28)50-22-49-33)12-14-32(29)51-35(23)20-43(3)19-25-8-10-26(11-9-25)36(46)42-31-7-5-4-6-30(31)39/h4-17,23-24,35,45H,18-22,39H2,1-3H3,(H,42,46)(H2,40,41,48)/t23-,24+,35-/m1/s1. The Balaban J connectivity index is 1.13. The van der Waals surface area contributed by atoms with Crippen LogP contribution in [0.1, 0.15) is 40.1 Å². The van der Waals surface area contributed by atoms with Crippen LogP contribution in [-0.4, -0.2) is 78.4 Å². The number of nitrogen functional groups attached to an aromatic ring is 1. The fraction of sp³-hybridized carbons (Fsp3) is 0.289. The van der Waals surface area contributed by atoms with Crippen molar-refractivity contribution in [1.29, 1.82) is 0 Å². The number of aliphatic hydroxyl groups is 1. The van der Waals surface area contributed by atoms with Gasteiger partial charge in [-0.2, -0.15) is 0 Å². The summed E-state index contributed by atoms with van der Waals surface area (Å²) in [5.41, 5.74) is 9.74. The van der Waals surface area contributed by atoms with Crippen LogP contribution in [0.4, 0.5) is 27.5 Å². The van der Waals surface area contributed by atoms with E-state index in [-0.39, 0.29) is 42.8 Å². The summed E-state index contributed by atoms with van der Waals surface area (Å²) in [6, 6.07) is 23.6. The van der Waals surface area contributed by atoms with E-state index < -0.39 is 12.1 Å². The fourth-order valence-corrected chi connectivity index (χ4v) is 6.04. The Bertz CT molecular complexity index is 1900. The number of hydrogen-bond acceptors (Lipinski definition) is 9. The van der Waals surface area contributed by atoms with E-state index >= 15 is 0 Å². The smallest absolute Gasteiger partial charge is 0.323 e. The van der Waals surface area contributed by atoms with Crippen molar-refractivity contribution in [2.24, 2.45) is 5.92 Å². The van der Waals surface area contributed by atoms with Gasteiger partial charge in [-0.3, -0.25) is 14.5 Å². The van der Waals surface area contributed by atoms with Crippen molar-refractivity contribution in [3.05, 3.63) is 102 Å². The summed E-state index contributed by atoms with van der Waals surface area (Å²) in [6.07, 6.45) is -0.315. The third-order valence-electron chi connectivity index (χ3n) is 8.92. The molecule has 6 rings (SSSR count). The van der Waals surface area contributed by atoms with Crippen LogP contribution in [0.25, 0.3) is 0 Å². The van der Waals surface area contributed by atoms with E-state index in [2.05, 4.69) is 20.9 Å². The summed E-state index contributed by atoms with van der Waals surface area (Å²) in [5.74, 6) is 0.896. The van der Waals surface area contributed by atoms with Crippen LogP contribution in [0.15, 0.2) is 84.9 Å². The molecule has 2 aliphatic heterocycles. The Hall–Kier alpha value is -5.79. The number of carbonyl (C=O) groups is 3. The lowest BCUT2D eigenvalue weighted by molar-refractivity contribution is 0.0341. The van der Waals surface area contributed by atoms with Gasteiger partial charge in [-0.15, -0.1) is 0 Å². The van der Waals surface area contributed by atoms with Crippen molar-refractivity contribution >= 4 is 40.6 Å². The summed E-state index contributed by atoms with van der Waals surface area (Å²) < 4.78 is 17.3. The number of likely N-dealkylation sites (N-methyl/N-ethyl adjacent to an activating group) is 1. The largest absolute Gasteiger partial charge is 0.488 e. The zero-order valence-electron chi connectivity index (χ0n) is 28.7. The molecule has 4 aromatic rings. The van der Waals surface area contributed by atoms with Crippen molar-refractivity contribution in [3.63, 3.8) is 0 Å². The molecule has 0 radical (unpaired) electrons. The van der Waals surface area contributed by atoms with Gasteiger partial charge >= 0.3 is 6.03 Å². The highest BCUT2D eigenvalue weighted by atomic mass is 16.7. The van der Waals surface area contributed by atoms with E-state index in [0.717, 1.165) is 5.56 Å². The summed E-state index contributed by atoms with van der Waals surface area (Å²) in [6.45, 7) is 5.22. The van der Waals surface area contributed by atoms with Crippen LogP contribution in [0.5, 0.6) is 17.2 Å². The number of ether oxygens (including phenoxy) is 3. The number of urea groups is 1. The number of nitrogens with two attached hydrogens (primary N) is 1. The van der Waals surface area contributed by atoms with E-state index in [1.807, 2.05) is 38.2 Å². The number of carbonyl (C=O) groups excluding carboxylic acids is 3. The molecule has 13 heteroatoms. The average molecular weight is 695 g/mol. The van der Waals surface area contributed by atoms with Crippen LogP contribution < -0.4 is 35.9 Å². The van der Waals surface area contributed by atoms with E-state index in [0.29, 0.717) is 65.2 Å². The van der Waals surface area contributed by atoms with E-state index in [1.165, 1.54) is 0 Å².